The zero-order chi connectivity index (χ0) is 11.0. The van der Waals surface area contributed by atoms with Crippen LogP contribution in [0.3, 0.4) is 0 Å². The summed E-state index contributed by atoms with van der Waals surface area (Å²) in [7, 11) is 0. The molecule has 0 aliphatic carbocycles. The first kappa shape index (κ1) is 12.7. The molecule has 16 heavy (non-hydrogen) atoms. The molecule has 0 fully saturated rings. The van der Waals surface area contributed by atoms with Gasteiger partial charge in [-0.15, -0.1) is 12.4 Å². The lowest BCUT2D eigenvalue weighted by Gasteiger charge is -2.03. The first-order chi connectivity index (χ1) is 7.13. The summed E-state index contributed by atoms with van der Waals surface area (Å²) >= 11 is 0. The van der Waals surface area contributed by atoms with Crippen molar-refractivity contribution in [1.29, 1.82) is 0 Å². The first-order valence-corrected chi connectivity index (χ1v) is 4.86. The van der Waals surface area contributed by atoms with Gasteiger partial charge in [-0.2, -0.15) is 0 Å². The highest BCUT2D eigenvalue weighted by Crippen LogP contribution is 2.16. The van der Waals surface area contributed by atoms with Gasteiger partial charge in [-0.1, -0.05) is 6.07 Å². The number of hydrogen-bond donors (Lipinski definition) is 1. The van der Waals surface area contributed by atoms with Crippen LogP contribution in [0.25, 0.3) is 11.0 Å². The smallest absolute Gasteiger partial charge is 0.195 e. The molecule has 86 valence electrons. The fraction of sp³-hybridized carbons (Fsp3) is 0.250. The van der Waals surface area contributed by atoms with Crippen molar-refractivity contribution in [3.8, 4) is 0 Å². The van der Waals surface area contributed by atoms with Gasteiger partial charge < -0.3 is 10.2 Å². The van der Waals surface area contributed by atoms with Crippen LogP contribution in [0.1, 0.15) is 16.9 Å². The molecule has 0 aliphatic rings. The maximum Gasteiger partial charge on any atom is 0.195 e. The van der Waals surface area contributed by atoms with E-state index in [0.29, 0.717) is 28.8 Å². The first-order valence-electron chi connectivity index (χ1n) is 4.86. The molecule has 1 aromatic carbocycles. The van der Waals surface area contributed by atoms with Crippen molar-refractivity contribution in [2.45, 2.75) is 20.4 Å². The summed E-state index contributed by atoms with van der Waals surface area (Å²) in [5, 5.41) is 0.612. The minimum absolute atomic E-state index is 0. The summed E-state index contributed by atoms with van der Waals surface area (Å²) in [6, 6.07) is 5.47. The van der Waals surface area contributed by atoms with Crippen LogP contribution in [-0.4, -0.2) is 0 Å². The second-order valence-corrected chi connectivity index (χ2v) is 3.65. The summed E-state index contributed by atoms with van der Waals surface area (Å²) in [5.74, 6) is 0.674. The van der Waals surface area contributed by atoms with Gasteiger partial charge in [0.25, 0.3) is 0 Å². The molecule has 0 radical (unpaired) electrons. The number of rotatable bonds is 1. The highest BCUT2D eigenvalue weighted by atomic mass is 35.5. The fourth-order valence-electron chi connectivity index (χ4n) is 1.57. The molecule has 0 atom stereocenters. The Morgan fingerprint density at radius 3 is 2.62 bits per heavy atom. The zero-order valence-electron chi connectivity index (χ0n) is 9.24. The average molecular weight is 240 g/mol. The van der Waals surface area contributed by atoms with Crippen molar-refractivity contribution in [3.05, 3.63) is 45.3 Å². The van der Waals surface area contributed by atoms with Gasteiger partial charge in [-0.05, 0) is 31.5 Å². The van der Waals surface area contributed by atoms with Gasteiger partial charge in [-0.25, -0.2) is 0 Å². The van der Waals surface area contributed by atoms with Crippen molar-refractivity contribution in [1.82, 2.24) is 0 Å². The van der Waals surface area contributed by atoms with Crippen molar-refractivity contribution < 1.29 is 4.42 Å². The Balaban J connectivity index is 0.00000128. The van der Waals surface area contributed by atoms with Crippen molar-refractivity contribution in [3.63, 3.8) is 0 Å². The van der Waals surface area contributed by atoms with E-state index >= 15 is 0 Å². The van der Waals surface area contributed by atoms with E-state index in [1.807, 2.05) is 6.07 Å². The number of hydrogen-bond acceptors (Lipinski definition) is 3. The molecule has 0 spiro atoms. The van der Waals surface area contributed by atoms with Crippen molar-refractivity contribution >= 4 is 23.4 Å². The molecule has 0 bridgehead atoms. The third-order valence-electron chi connectivity index (χ3n) is 2.66. The maximum atomic E-state index is 11.9. The Morgan fingerprint density at radius 1 is 1.31 bits per heavy atom. The summed E-state index contributed by atoms with van der Waals surface area (Å²) < 4.78 is 5.53. The quantitative estimate of drug-likeness (QED) is 0.831. The monoisotopic (exact) mass is 239 g/mol. The van der Waals surface area contributed by atoms with Gasteiger partial charge >= 0.3 is 0 Å². The van der Waals surface area contributed by atoms with E-state index in [1.165, 1.54) is 0 Å². The summed E-state index contributed by atoms with van der Waals surface area (Å²) in [5.41, 5.74) is 7.79. The Kier molecular flexibility index (Phi) is 3.73. The SMILES string of the molecule is Cc1oc2ccc(CN)cc2c(=O)c1C.Cl. The highest BCUT2D eigenvalue weighted by molar-refractivity contribution is 5.85. The zero-order valence-corrected chi connectivity index (χ0v) is 10.1. The second-order valence-electron chi connectivity index (χ2n) is 3.65. The molecular weight excluding hydrogens is 226 g/mol. The lowest BCUT2D eigenvalue weighted by molar-refractivity contribution is 0.558. The van der Waals surface area contributed by atoms with Gasteiger partial charge in [0, 0.05) is 12.1 Å². The molecule has 2 N–H and O–H groups in total. The van der Waals surface area contributed by atoms with E-state index in [1.54, 1.807) is 26.0 Å². The standard InChI is InChI=1S/C12H13NO2.ClH/c1-7-8(2)15-11-4-3-9(6-13)5-10(11)12(7)14;/h3-5H,6,13H2,1-2H3;1H. The van der Waals surface area contributed by atoms with Crippen molar-refractivity contribution in [2.24, 2.45) is 5.73 Å². The molecule has 0 saturated heterocycles. The molecule has 0 amide bonds. The topological polar surface area (TPSA) is 56.2 Å². The molecule has 3 nitrogen and oxygen atoms in total. The van der Waals surface area contributed by atoms with Gasteiger partial charge in [0.2, 0.25) is 0 Å². The predicted molar refractivity (Wildman–Crippen MR) is 67.1 cm³/mol. The largest absolute Gasteiger partial charge is 0.461 e. The fourth-order valence-corrected chi connectivity index (χ4v) is 1.57. The Bertz CT molecular complexity index is 575. The van der Waals surface area contributed by atoms with Gasteiger partial charge in [0.05, 0.1) is 5.39 Å². The summed E-state index contributed by atoms with van der Waals surface area (Å²) in [6.07, 6.45) is 0. The van der Waals surface area contributed by atoms with Gasteiger partial charge in [0.15, 0.2) is 5.43 Å². The van der Waals surface area contributed by atoms with Crippen LogP contribution in [0.4, 0.5) is 0 Å². The van der Waals surface area contributed by atoms with E-state index in [2.05, 4.69) is 0 Å². The van der Waals surface area contributed by atoms with E-state index in [9.17, 15) is 4.79 Å². The molecule has 0 unspecified atom stereocenters. The Labute approximate surface area is 99.7 Å². The van der Waals surface area contributed by atoms with E-state index in [4.69, 9.17) is 10.2 Å². The van der Waals surface area contributed by atoms with E-state index in [0.717, 1.165) is 5.56 Å². The van der Waals surface area contributed by atoms with Crippen LogP contribution in [-0.2, 0) is 6.54 Å². The number of halogens is 1. The highest BCUT2D eigenvalue weighted by Gasteiger charge is 2.07. The number of nitrogens with two attached hydrogens (primary N) is 1. The molecule has 0 aliphatic heterocycles. The molecule has 4 heteroatoms. The molecule has 1 aromatic heterocycles. The second kappa shape index (κ2) is 4.68. The number of benzene rings is 1. The Morgan fingerprint density at radius 2 is 2.00 bits per heavy atom. The van der Waals surface area contributed by atoms with Crippen LogP contribution in [0.2, 0.25) is 0 Å². The third kappa shape index (κ3) is 1.96. The van der Waals surface area contributed by atoms with Crippen molar-refractivity contribution in [2.75, 3.05) is 0 Å². The normalized spacial score (nSPS) is 10.2. The average Bonchev–Trinajstić information content (AvgIpc) is 2.26. The third-order valence-corrected chi connectivity index (χ3v) is 2.66. The molecule has 2 rings (SSSR count). The molecule has 1 heterocycles. The van der Waals surface area contributed by atoms with Crippen LogP contribution in [0.5, 0.6) is 0 Å². The maximum absolute atomic E-state index is 11.9. The van der Waals surface area contributed by atoms with Crippen LogP contribution < -0.4 is 11.2 Å². The van der Waals surface area contributed by atoms with E-state index in [-0.39, 0.29) is 17.8 Å². The number of aryl methyl sites for hydroxylation is 1. The van der Waals surface area contributed by atoms with Crippen LogP contribution in [0, 0.1) is 13.8 Å². The predicted octanol–water partition coefficient (Wildman–Crippen LogP) is 2.29. The Hall–Kier alpha value is -1.32. The molecule has 0 saturated carbocycles. The number of fused-ring (bicyclic) bond motifs is 1. The lowest BCUT2D eigenvalue weighted by atomic mass is 10.1. The minimum atomic E-state index is 0. The lowest BCUT2D eigenvalue weighted by Crippen LogP contribution is -2.08. The summed E-state index contributed by atoms with van der Waals surface area (Å²) in [6.45, 7) is 4.01. The van der Waals surface area contributed by atoms with Gasteiger partial charge in [-0.3, -0.25) is 4.79 Å². The molecular formula is C12H14ClNO2. The van der Waals surface area contributed by atoms with E-state index < -0.39 is 0 Å². The van der Waals surface area contributed by atoms with Crippen LogP contribution >= 0.6 is 12.4 Å². The molecule has 2 aromatic rings. The van der Waals surface area contributed by atoms with Crippen LogP contribution in [0.15, 0.2) is 27.4 Å². The van der Waals surface area contributed by atoms with Gasteiger partial charge in [0.1, 0.15) is 11.3 Å². The minimum Gasteiger partial charge on any atom is -0.461 e. The summed E-state index contributed by atoms with van der Waals surface area (Å²) in [4.78, 5) is 11.9.